The van der Waals surface area contributed by atoms with Gasteiger partial charge in [0, 0.05) is 38.0 Å². The van der Waals surface area contributed by atoms with Crippen LogP contribution in [0.5, 0.6) is 0 Å². The standard InChI is InChI=1S/C13H24N2O2S/c1-11(2)15-4-3-12(13(15)16)18-10-7-14-5-8-17-9-6-14/h11-12H,3-10H2,1-2H3/t12-/m0/s1. The summed E-state index contributed by atoms with van der Waals surface area (Å²) in [5.41, 5.74) is 0. The number of thioether (sulfide) groups is 1. The Labute approximate surface area is 114 Å². The maximum atomic E-state index is 12.1. The third-order valence-corrected chi connectivity index (χ3v) is 4.90. The zero-order chi connectivity index (χ0) is 13.0. The van der Waals surface area contributed by atoms with Crippen molar-refractivity contribution in [2.75, 3.05) is 45.1 Å². The van der Waals surface area contributed by atoms with Crippen LogP contribution in [0.15, 0.2) is 0 Å². The highest BCUT2D eigenvalue weighted by molar-refractivity contribution is 8.00. The first kappa shape index (κ1) is 14.2. The molecule has 0 N–H and O–H groups in total. The molecule has 2 fully saturated rings. The van der Waals surface area contributed by atoms with Crippen LogP contribution in [-0.2, 0) is 9.53 Å². The molecular formula is C13H24N2O2S. The molecule has 2 aliphatic heterocycles. The van der Waals surface area contributed by atoms with Crippen LogP contribution in [0.1, 0.15) is 20.3 Å². The lowest BCUT2D eigenvalue weighted by Gasteiger charge is -2.26. The van der Waals surface area contributed by atoms with E-state index in [0.717, 1.165) is 51.6 Å². The summed E-state index contributed by atoms with van der Waals surface area (Å²) in [6.45, 7) is 10.00. The second-order valence-corrected chi connectivity index (χ2v) is 6.54. The highest BCUT2D eigenvalue weighted by Crippen LogP contribution is 2.25. The lowest BCUT2D eigenvalue weighted by Crippen LogP contribution is -2.38. The van der Waals surface area contributed by atoms with Crippen molar-refractivity contribution in [3.63, 3.8) is 0 Å². The van der Waals surface area contributed by atoms with Crippen molar-refractivity contribution in [1.29, 1.82) is 0 Å². The molecule has 104 valence electrons. The Morgan fingerprint density at radius 1 is 1.33 bits per heavy atom. The van der Waals surface area contributed by atoms with Crippen LogP contribution in [0.3, 0.4) is 0 Å². The Kier molecular flexibility index (Phi) is 5.33. The summed E-state index contributed by atoms with van der Waals surface area (Å²) in [6, 6.07) is 0.349. The zero-order valence-electron chi connectivity index (χ0n) is 11.4. The van der Waals surface area contributed by atoms with Gasteiger partial charge in [0.25, 0.3) is 0 Å². The highest BCUT2D eigenvalue weighted by Gasteiger charge is 2.33. The monoisotopic (exact) mass is 272 g/mol. The Morgan fingerprint density at radius 2 is 2.06 bits per heavy atom. The third kappa shape index (κ3) is 3.62. The summed E-state index contributed by atoms with van der Waals surface area (Å²) in [5, 5.41) is 0.202. The van der Waals surface area contributed by atoms with Gasteiger partial charge in [-0.2, -0.15) is 0 Å². The molecule has 2 heterocycles. The minimum Gasteiger partial charge on any atom is -0.379 e. The van der Waals surface area contributed by atoms with Crippen LogP contribution in [-0.4, -0.2) is 72.1 Å². The number of nitrogens with zero attached hydrogens (tertiary/aromatic N) is 2. The molecular weight excluding hydrogens is 248 g/mol. The van der Waals surface area contributed by atoms with E-state index in [1.165, 1.54) is 0 Å². The summed E-state index contributed by atoms with van der Waals surface area (Å²) in [6.07, 6.45) is 1.02. The largest absolute Gasteiger partial charge is 0.379 e. The Morgan fingerprint density at radius 3 is 2.67 bits per heavy atom. The fourth-order valence-corrected chi connectivity index (χ4v) is 3.69. The third-order valence-electron chi connectivity index (χ3n) is 3.64. The van der Waals surface area contributed by atoms with Crippen molar-refractivity contribution in [2.45, 2.75) is 31.6 Å². The van der Waals surface area contributed by atoms with Crippen LogP contribution in [0.2, 0.25) is 0 Å². The second kappa shape index (κ2) is 6.78. The van der Waals surface area contributed by atoms with E-state index in [1.807, 2.05) is 16.7 Å². The molecule has 0 aromatic rings. The fourth-order valence-electron chi connectivity index (χ4n) is 2.49. The minimum absolute atomic E-state index is 0.202. The van der Waals surface area contributed by atoms with Gasteiger partial charge in [0.05, 0.1) is 18.5 Å². The van der Waals surface area contributed by atoms with E-state index in [-0.39, 0.29) is 5.25 Å². The first-order valence-corrected chi connectivity index (χ1v) is 7.95. The van der Waals surface area contributed by atoms with Gasteiger partial charge < -0.3 is 9.64 Å². The van der Waals surface area contributed by atoms with Gasteiger partial charge in [-0.3, -0.25) is 9.69 Å². The molecule has 2 rings (SSSR count). The molecule has 1 amide bonds. The molecule has 0 radical (unpaired) electrons. The van der Waals surface area contributed by atoms with Crippen molar-refractivity contribution in [2.24, 2.45) is 0 Å². The SMILES string of the molecule is CC(C)N1CC[C@H](SCCN2CCOCC2)C1=O. The van der Waals surface area contributed by atoms with E-state index in [9.17, 15) is 4.79 Å². The summed E-state index contributed by atoms with van der Waals surface area (Å²) >= 11 is 1.83. The van der Waals surface area contributed by atoms with Gasteiger partial charge in [0.1, 0.15) is 0 Å². The number of carbonyl (C=O) groups is 1. The first-order chi connectivity index (χ1) is 8.68. The molecule has 0 aliphatic carbocycles. The van der Waals surface area contributed by atoms with Gasteiger partial charge in [0.2, 0.25) is 5.91 Å². The summed E-state index contributed by atoms with van der Waals surface area (Å²) < 4.78 is 5.33. The van der Waals surface area contributed by atoms with Crippen LogP contribution in [0, 0.1) is 0 Å². The van der Waals surface area contributed by atoms with Crippen molar-refractivity contribution < 1.29 is 9.53 Å². The van der Waals surface area contributed by atoms with Crippen LogP contribution in [0.4, 0.5) is 0 Å². The molecule has 2 saturated heterocycles. The molecule has 18 heavy (non-hydrogen) atoms. The molecule has 2 aliphatic rings. The van der Waals surface area contributed by atoms with Gasteiger partial charge in [0.15, 0.2) is 0 Å². The number of amides is 1. The first-order valence-electron chi connectivity index (χ1n) is 6.90. The zero-order valence-corrected chi connectivity index (χ0v) is 12.2. The molecule has 0 aromatic carbocycles. The number of rotatable bonds is 5. The van der Waals surface area contributed by atoms with E-state index >= 15 is 0 Å². The molecule has 0 unspecified atom stereocenters. The Hall–Kier alpha value is -0.260. The molecule has 5 heteroatoms. The predicted octanol–water partition coefficient (Wildman–Crippen LogP) is 1.06. The normalized spacial score (nSPS) is 26.3. The fraction of sp³-hybridized carbons (Fsp3) is 0.923. The lowest BCUT2D eigenvalue weighted by atomic mass is 10.3. The second-order valence-electron chi connectivity index (χ2n) is 5.23. The summed E-state index contributed by atoms with van der Waals surface area (Å²) in [5.74, 6) is 1.40. The van der Waals surface area contributed by atoms with Crippen molar-refractivity contribution in [3.8, 4) is 0 Å². The Bertz CT molecular complexity index is 280. The highest BCUT2D eigenvalue weighted by atomic mass is 32.2. The van der Waals surface area contributed by atoms with E-state index in [4.69, 9.17) is 4.74 Å². The maximum absolute atomic E-state index is 12.1. The quantitative estimate of drug-likeness (QED) is 0.749. The van der Waals surface area contributed by atoms with Gasteiger partial charge in [-0.15, -0.1) is 11.8 Å². The Balaban J connectivity index is 1.66. The molecule has 1 atom stereocenters. The number of hydrogen-bond donors (Lipinski definition) is 0. The number of hydrogen-bond acceptors (Lipinski definition) is 4. The smallest absolute Gasteiger partial charge is 0.235 e. The van der Waals surface area contributed by atoms with Crippen molar-refractivity contribution in [1.82, 2.24) is 9.80 Å². The van der Waals surface area contributed by atoms with Crippen LogP contribution in [0.25, 0.3) is 0 Å². The van der Waals surface area contributed by atoms with Crippen LogP contribution >= 0.6 is 11.8 Å². The average Bonchev–Trinajstić information content (AvgIpc) is 2.73. The number of morpholine rings is 1. The number of likely N-dealkylation sites (tertiary alicyclic amines) is 1. The topological polar surface area (TPSA) is 32.8 Å². The number of carbonyl (C=O) groups excluding carboxylic acids is 1. The molecule has 0 aromatic heterocycles. The van der Waals surface area contributed by atoms with Gasteiger partial charge >= 0.3 is 0 Å². The van der Waals surface area contributed by atoms with Gasteiger partial charge in [-0.05, 0) is 20.3 Å². The number of ether oxygens (including phenoxy) is 1. The van der Waals surface area contributed by atoms with Gasteiger partial charge in [-0.1, -0.05) is 0 Å². The van der Waals surface area contributed by atoms with E-state index in [1.54, 1.807) is 0 Å². The summed E-state index contributed by atoms with van der Waals surface area (Å²) in [4.78, 5) is 16.5. The predicted molar refractivity (Wildman–Crippen MR) is 75.0 cm³/mol. The maximum Gasteiger partial charge on any atom is 0.235 e. The molecule has 0 spiro atoms. The average molecular weight is 272 g/mol. The molecule has 0 saturated carbocycles. The van der Waals surface area contributed by atoms with E-state index in [2.05, 4.69) is 18.7 Å². The molecule has 4 nitrogen and oxygen atoms in total. The van der Waals surface area contributed by atoms with E-state index < -0.39 is 0 Å². The van der Waals surface area contributed by atoms with Crippen molar-refractivity contribution >= 4 is 17.7 Å². The lowest BCUT2D eigenvalue weighted by molar-refractivity contribution is -0.128. The molecule has 0 bridgehead atoms. The van der Waals surface area contributed by atoms with E-state index in [0.29, 0.717) is 11.9 Å². The van der Waals surface area contributed by atoms with Crippen molar-refractivity contribution in [3.05, 3.63) is 0 Å². The van der Waals surface area contributed by atoms with Gasteiger partial charge in [-0.25, -0.2) is 0 Å². The van der Waals surface area contributed by atoms with Crippen LogP contribution < -0.4 is 0 Å². The minimum atomic E-state index is 0.202. The summed E-state index contributed by atoms with van der Waals surface area (Å²) in [7, 11) is 0.